The molecule has 0 radical (unpaired) electrons. The highest BCUT2D eigenvalue weighted by molar-refractivity contribution is 6.09. The second-order valence-electron chi connectivity index (χ2n) is 8.60. The Labute approximate surface area is 183 Å². The lowest BCUT2D eigenvalue weighted by atomic mass is 9.90. The zero-order valence-corrected chi connectivity index (χ0v) is 17.9. The first-order valence-electron chi connectivity index (χ1n) is 11.1. The van der Waals surface area contributed by atoms with Gasteiger partial charge in [0.05, 0.1) is 6.04 Å². The summed E-state index contributed by atoms with van der Waals surface area (Å²) < 4.78 is 0. The van der Waals surface area contributed by atoms with Crippen LogP contribution in [0.4, 0.5) is 4.79 Å². The average Bonchev–Trinajstić information content (AvgIpc) is 2.94. The quantitative estimate of drug-likeness (QED) is 0.714. The van der Waals surface area contributed by atoms with E-state index in [1.165, 1.54) is 0 Å². The maximum atomic E-state index is 13.0. The summed E-state index contributed by atoms with van der Waals surface area (Å²) in [6, 6.07) is 17.4. The van der Waals surface area contributed by atoms with Crippen molar-refractivity contribution in [2.24, 2.45) is 0 Å². The maximum absolute atomic E-state index is 13.0. The number of carbonyl (C=O) groups excluding carboxylic acids is 3. The van der Waals surface area contributed by atoms with Crippen LogP contribution in [-0.2, 0) is 9.59 Å². The first-order valence-corrected chi connectivity index (χ1v) is 11.1. The average molecular weight is 420 g/mol. The predicted molar refractivity (Wildman–Crippen MR) is 119 cm³/mol. The van der Waals surface area contributed by atoms with Gasteiger partial charge in [0, 0.05) is 0 Å². The molecule has 6 heteroatoms. The molecule has 1 saturated heterocycles. The largest absolute Gasteiger partial charge is 0.348 e. The minimum atomic E-state index is -0.813. The number of hydrogen-bond donors (Lipinski definition) is 2. The fourth-order valence-corrected chi connectivity index (χ4v) is 4.60. The van der Waals surface area contributed by atoms with Gasteiger partial charge in [-0.3, -0.25) is 14.5 Å². The molecule has 4 amide bonds. The highest BCUT2D eigenvalue weighted by atomic mass is 16.2. The molecule has 1 spiro atoms. The third-order valence-electron chi connectivity index (χ3n) is 6.40. The van der Waals surface area contributed by atoms with Gasteiger partial charge >= 0.3 is 6.03 Å². The van der Waals surface area contributed by atoms with Crippen molar-refractivity contribution in [3.05, 3.63) is 60.2 Å². The van der Waals surface area contributed by atoms with Crippen LogP contribution in [0.3, 0.4) is 0 Å². The van der Waals surface area contributed by atoms with Crippen molar-refractivity contribution >= 4 is 17.8 Å². The predicted octanol–water partition coefficient (Wildman–Crippen LogP) is 4.18. The lowest BCUT2D eigenvalue weighted by Gasteiger charge is -2.24. The molecule has 2 aliphatic rings. The number of hydrogen-bond acceptors (Lipinski definition) is 3. The van der Waals surface area contributed by atoms with Gasteiger partial charge in [0.1, 0.15) is 12.1 Å². The Hall–Kier alpha value is -3.15. The molecule has 1 atom stereocenters. The Morgan fingerprint density at radius 3 is 2.23 bits per heavy atom. The van der Waals surface area contributed by atoms with Crippen molar-refractivity contribution in [1.82, 2.24) is 15.5 Å². The molecule has 31 heavy (non-hydrogen) atoms. The van der Waals surface area contributed by atoms with Gasteiger partial charge in [0.2, 0.25) is 5.91 Å². The lowest BCUT2D eigenvalue weighted by molar-refractivity contribution is -0.135. The normalized spacial score (nSPS) is 19.1. The zero-order valence-electron chi connectivity index (χ0n) is 17.9. The van der Waals surface area contributed by atoms with Crippen LogP contribution in [0.1, 0.15) is 57.1 Å². The molecule has 1 saturated carbocycles. The van der Waals surface area contributed by atoms with E-state index in [-0.39, 0.29) is 24.4 Å². The van der Waals surface area contributed by atoms with E-state index in [4.69, 9.17) is 0 Å². The molecule has 2 fully saturated rings. The van der Waals surface area contributed by atoms with Crippen LogP contribution in [-0.4, -0.2) is 34.8 Å². The molecule has 162 valence electrons. The van der Waals surface area contributed by atoms with Gasteiger partial charge in [-0.15, -0.1) is 0 Å². The van der Waals surface area contributed by atoms with Crippen LogP contribution in [0.5, 0.6) is 0 Å². The SMILES string of the molecule is C[C@H](NC(=O)CN1C(=O)NC2(CCCCCC2)C1=O)c1ccc(-c2ccccc2)cc1. The number of benzene rings is 2. The number of carbonyl (C=O) groups is 3. The second kappa shape index (κ2) is 8.92. The van der Waals surface area contributed by atoms with E-state index >= 15 is 0 Å². The topological polar surface area (TPSA) is 78.5 Å². The van der Waals surface area contributed by atoms with E-state index in [1.807, 2.05) is 49.4 Å². The molecule has 1 heterocycles. The van der Waals surface area contributed by atoms with Gasteiger partial charge in [0.15, 0.2) is 0 Å². The summed E-state index contributed by atoms with van der Waals surface area (Å²) in [4.78, 5) is 39.1. The summed E-state index contributed by atoms with van der Waals surface area (Å²) in [5, 5.41) is 5.79. The van der Waals surface area contributed by atoms with E-state index in [9.17, 15) is 14.4 Å². The van der Waals surface area contributed by atoms with E-state index in [1.54, 1.807) is 0 Å². The van der Waals surface area contributed by atoms with Gasteiger partial charge < -0.3 is 10.6 Å². The minimum Gasteiger partial charge on any atom is -0.348 e. The van der Waals surface area contributed by atoms with Crippen molar-refractivity contribution in [3.8, 4) is 11.1 Å². The fraction of sp³-hybridized carbons (Fsp3) is 0.400. The first kappa shape index (κ1) is 21.1. The molecule has 0 unspecified atom stereocenters. The summed E-state index contributed by atoms with van der Waals surface area (Å²) in [6.07, 6.45) is 5.29. The molecule has 2 aromatic carbocycles. The van der Waals surface area contributed by atoms with E-state index in [2.05, 4.69) is 22.8 Å². The van der Waals surface area contributed by atoms with Crippen LogP contribution < -0.4 is 10.6 Å². The molecular formula is C25H29N3O3. The number of nitrogens with one attached hydrogen (secondary N) is 2. The number of rotatable bonds is 5. The molecule has 2 N–H and O–H groups in total. The summed E-state index contributed by atoms with van der Waals surface area (Å²) in [5.41, 5.74) is 2.39. The molecule has 2 aromatic rings. The lowest BCUT2D eigenvalue weighted by Crippen LogP contribution is -2.47. The Morgan fingerprint density at radius 2 is 1.58 bits per heavy atom. The van der Waals surface area contributed by atoms with Gasteiger partial charge in [-0.1, -0.05) is 80.3 Å². The molecule has 0 bridgehead atoms. The van der Waals surface area contributed by atoms with Gasteiger partial charge in [-0.05, 0) is 36.5 Å². The molecule has 1 aliphatic heterocycles. The number of urea groups is 1. The highest BCUT2D eigenvalue weighted by Gasteiger charge is 2.51. The van der Waals surface area contributed by atoms with E-state index in [0.29, 0.717) is 12.8 Å². The van der Waals surface area contributed by atoms with E-state index < -0.39 is 11.6 Å². The van der Waals surface area contributed by atoms with Gasteiger partial charge in [-0.2, -0.15) is 0 Å². The van der Waals surface area contributed by atoms with Gasteiger partial charge in [-0.25, -0.2) is 4.79 Å². The van der Waals surface area contributed by atoms with Crippen LogP contribution in [0, 0.1) is 0 Å². The first-order chi connectivity index (χ1) is 15.0. The summed E-state index contributed by atoms with van der Waals surface area (Å²) in [5.74, 6) is -0.594. The van der Waals surface area contributed by atoms with Crippen LogP contribution in [0.2, 0.25) is 0 Å². The molecule has 4 rings (SSSR count). The summed E-state index contributed by atoms with van der Waals surface area (Å²) in [7, 11) is 0. The monoisotopic (exact) mass is 419 g/mol. The van der Waals surface area contributed by atoms with Crippen molar-refractivity contribution in [1.29, 1.82) is 0 Å². The van der Waals surface area contributed by atoms with E-state index in [0.717, 1.165) is 47.3 Å². The Morgan fingerprint density at radius 1 is 0.968 bits per heavy atom. The second-order valence-corrected chi connectivity index (χ2v) is 8.60. The maximum Gasteiger partial charge on any atom is 0.325 e. The Bertz CT molecular complexity index is 948. The summed E-state index contributed by atoms with van der Waals surface area (Å²) in [6.45, 7) is 1.65. The molecular weight excluding hydrogens is 390 g/mol. The zero-order chi connectivity index (χ0) is 21.8. The minimum absolute atomic E-state index is 0.232. The number of imide groups is 1. The van der Waals surface area contributed by atoms with Crippen LogP contribution in [0.25, 0.3) is 11.1 Å². The summed E-state index contributed by atoms with van der Waals surface area (Å²) >= 11 is 0. The Balaban J connectivity index is 1.37. The van der Waals surface area contributed by atoms with Crippen LogP contribution >= 0.6 is 0 Å². The third kappa shape index (κ3) is 4.48. The number of nitrogens with zero attached hydrogens (tertiary/aromatic N) is 1. The van der Waals surface area contributed by atoms with Crippen molar-refractivity contribution in [3.63, 3.8) is 0 Å². The molecule has 0 aromatic heterocycles. The number of amides is 4. The smallest absolute Gasteiger partial charge is 0.325 e. The van der Waals surface area contributed by atoms with Crippen molar-refractivity contribution in [2.75, 3.05) is 6.54 Å². The highest BCUT2D eigenvalue weighted by Crippen LogP contribution is 2.32. The molecule has 1 aliphatic carbocycles. The standard InChI is InChI=1S/C25H29N3O3/c1-18(19-11-13-21(14-12-19)20-9-5-4-6-10-20)26-22(29)17-28-23(30)25(27-24(28)31)15-7-2-3-8-16-25/h4-6,9-14,18H,2-3,7-8,15-17H2,1H3,(H,26,29)(H,27,31)/t18-/m0/s1. The van der Waals surface area contributed by atoms with Crippen LogP contribution in [0.15, 0.2) is 54.6 Å². The van der Waals surface area contributed by atoms with Gasteiger partial charge in [0.25, 0.3) is 5.91 Å². The Kier molecular flexibility index (Phi) is 6.07. The third-order valence-corrected chi connectivity index (χ3v) is 6.40. The fourth-order valence-electron chi connectivity index (χ4n) is 4.60. The van der Waals surface area contributed by atoms with Crippen molar-refractivity contribution < 1.29 is 14.4 Å². The van der Waals surface area contributed by atoms with Crippen molar-refractivity contribution in [2.45, 2.75) is 57.0 Å². The molecule has 6 nitrogen and oxygen atoms in total.